The molecule has 1 aromatic carbocycles. The molecule has 1 aliphatic carbocycles. The fourth-order valence-electron chi connectivity index (χ4n) is 4.23. The van der Waals surface area contributed by atoms with Gasteiger partial charge in [0.25, 0.3) is 11.5 Å². The van der Waals surface area contributed by atoms with Crippen molar-refractivity contribution in [2.75, 3.05) is 5.32 Å². The Hall–Kier alpha value is -2.47. The van der Waals surface area contributed by atoms with Gasteiger partial charge in [0.1, 0.15) is 5.69 Å². The number of aromatic nitrogens is 2. The summed E-state index contributed by atoms with van der Waals surface area (Å²) in [5, 5.41) is 2.78. The summed E-state index contributed by atoms with van der Waals surface area (Å²) in [7, 11) is 0. The number of benzene rings is 1. The number of carbonyl (C=O) groups excluding carboxylic acids is 1. The molecule has 164 valence electrons. The third-order valence-corrected chi connectivity index (χ3v) is 7.50. The molecule has 2 heterocycles. The predicted octanol–water partition coefficient (Wildman–Crippen LogP) is 5.46. The number of rotatable bonds is 2. The molecule has 1 unspecified atom stereocenters. The van der Waals surface area contributed by atoms with Crippen LogP contribution in [-0.4, -0.2) is 15.3 Å². The number of thiazole rings is 1. The molecule has 4 rings (SSSR count). The Morgan fingerprint density at radius 3 is 2.42 bits per heavy atom. The Morgan fingerprint density at radius 1 is 1.13 bits per heavy atom. The first kappa shape index (κ1) is 21.8. The summed E-state index contributed by atoms with van der Waals surface area (Å²) in [6.07, 6.45) is 4.40. The van der Waals surface area contributed by atoms with Crippen molar-refractivity contribution in [1.82, 2.24) is 9.38 Å². The average molecular weight is 438 g/mol. The maximum absolute atomic E-state index is 13.2. The minimum atomic E-state index is -0.295. The van der Waals surface area contributed by atoms with Gasteiger partial charge in [-0.25, -0.2) is 4.98 Å². The van der Waals surface area contributed by atoms with Crippen LogP contribution in [0.25, 0.3) is 4.96 Å². The van der Waals surface area contributed by atoms with E-state index in [0.717, 1.165) is 30.5 Å². The van der Waals surface area contributed by atoms with Crippen LogP contribution in [0.5, 0.6) is 0 Å². The monoisotopic (exact) mass is 437 g/mol. The molecule has 31 heavy (non-hydrogen) atoms. The zero-order valence-corrected chi connectivity index (χ0v) is 20.0. The summed E-state index contributed by atoms with van der Waals surface area (Å²) in [5.41, 5.74) is 3.03. The van der Waals surface area contributed by atoms with E-state index in [1.54, 1.807) is 27.9 Å². The van der Waals surface area contributed by atoms with Gasteiger partial charge in [0.05, 0.1) is 6.20 Å². The van der Waals surface area contributed by atoms with Crippen molar-refractivity contribution >= 4 is 27.9 Å². The Morgan fingerprint density at radius 2 is 1.81 bits per heavy atom. The van der Waals surface area contributed by atoms with Crippen molar-refractivity contribution in [3.8, 4) is 0 Å². The van der Waals surface area contributed by atoms with Gasteiger partial charge in [-0.05, 0) is 53.7 Å². The lowest BCUT2D eigenvalue weighted by atomic mass is 9.73. The van der Waals surface area contributed by atoms with Crippen LogP contribution in [0.2, 0.25) is 0 Å². The maximum atomic E-state index is 13.2. The highest BCUT2D eigenvalue weighted by Crippen LogP contribution is 2.39. The number of anilines is 1. The van der Waals surface area contributed by atoms with Crippen LogP contribution in [0, 0.1) is 11.3 Å². The van der Waals surface area contributed by atoms with Gasteiger partial charge < -0.3 is 5.32 Å². The summed E-state index contributed by atoms with van der Waals surface area (Å²) >= 11 is 1.60. The van der Waals surface area contributed by atoms with E-state index in [4.69, 9.17) is 0 Å². The molecule has 5 nitrogen and oxygen atoms in total. The van der Waals surface area contributed by atoms with E-state index in [1.807, 2.05) is 12.1 Å². The normalized spacial score (nSPS) is 16.9. The van der Waals surface area contributed by atoms with Crippen molar-refractivity contribution in [3.63, 3.8) is 0 Å². The molecule has 6 heteroatoms. The highest BCUT2D eigenvalue weighted by Gasteiger charge is 2.31. The Kier molecular flexibility index (Phi) is 5.32. The molecule has 0 radical (unpaired) electrons. The van der Waals surface area contributed by atoms with Crippen molar-refractivity contribution in [2.45, 2.75) is 66.2 Å². The van der Waals surface area contributed by atoms with Gasteiger partial charge >= 0.3 is 0 Å². The quantitative estimate of drug-likeness (QED) is 0.579. The van der Waals surface area contributed by atoms with Gasteiger partial charge in [-0.3, -0.25) is 14.0 Å². The minimum absolute atomic E-state index is 0.0207. The van der Waals surface area contributed by atoms with E-state index < -0.39 is 0 Å². The molecule has 0 bridgehead atoms. The summed E-state index contributed by atoms with van der Waals surface area (Å²) in [6, 6.07) is 7.53. The molecule has 0 spiro atoms. The summed E-state index contributed by atoms with van der Waals surface area (Å²) in [6.45, 7) is 13.2. The van der Waals surface area contributed by atoms with Gasteiger partial charge in [-0.1, -0.05) is 53.7 Å². The van der Waals surface area contributed by atoms with Crippen molar-refractivity contribution in [2.24, 2.45) is 11.3 Å². The Balaban J connectivity index is 1.62. The molecular formula is C25H31N3O2S. The van der Waals surface area contributed by atoms with Crippen LogP contribution in [0.1, 0.15) is 74.5 Å². The van der Waals surface area contributed by atoms with Crippen LogP contribution in [-0.2, 0) is 18.3 Å². The number of aryl methyl sites for hydroxylation is 1. The van der Waals surface area contributed by atoms with E-state index in [-0.39, 0.29) is 28.0 Å². The van der Waals surface area contributed by atoms with Gasteiger partial charge in [-0.2, -0.15) is 0 Å². The van der Waals surface area contributed by atoms with Crippen molar-refractivity contribution in [1.29, 1.82) is 0 Å². The van der Waals surface area contributed by atoms with Crippen molar-refractivity contribution < 1.29 is 4.79 Å². The zero-order chi connectivity index (χ0) is 22.6. The Labute approximate surface area is 187 Å². The number of carbonyl (C=O) groups is 1. The molecule has 0 saturated heterocycles. The fraction of sp³-hybridized carbons (Fsp3) is 0.480. The number of hydrogen-bond acceptors (Lipinski definition) is 4. The molecule has 1 atom stereocenters. The van der Waals surface area contributed by atoms with E-state index >= 15 is 0 Å². The lowest BCUT2D eigenvalue weighted by Gasteiger charge is -2.33. The highest BCUT2D eigenvalue weighted by molar-refractivity contribution is 7.17. The van der Waals surface area contributed by atoms with Gasteiger partial charge in [0.15, 0.2) is 4.96 Å². The lowest BCUT2D eigenvalue weighted by Crippen LogP contribution is -2.28. The number of amides is 1. The second-order valence-corrected chi connectivity index (χ2v) is 11.7. The molecule has 0 aliphatic heterocycles. The first-order valence-electron chi connectivity index (χ1n) is 10.9. The van der Waals surface area contributed by atoms with Crippen LogP contribution in [0.3, 0.4) is 0 Å². The SMILES string of the molecule is CC(C)(C)c1ccc(C(=O)Nc2cnc3sc4c(n3c2=O)CCC(C(C)(C)C)C4)cc1. The molecule has 0 saturated carbocycles. The first-order chi connectivity index (χ1) is 14.4. The van der Waals surface area contributed by atoms with Crippen LogP contribution in [0.15, 0.2) is 35.3 Å². The Bertz CT molecular complexity index is 1190. The first-order valence-corrected chi connectivity index (χ1v) is 11.7. The van der Waals surface area contributed by atoms with E-state index in [1.165, 1.54) is 11.1 Å². The van der Waals surface area contributed by atoms with Gasteiger partial charge in [0, 0.05) is 16.1 Å². The molecular weight excluding hydrogens is 406 g/mol. The number of fused-ring (bicyclic) bond motifs is 3. The van der Waals surface area contributed by atoms with E-state index in [0.29, 0.717) is 16.4 Å². The summed E-state index contributed by atoms with van der Waals surface area (Å²) in [5.74, 6) is 0.301. The highest BCUT2D eigenvalue weighted by atomic mass is 32.1. The van der Waals surface area contributed by atoms with Gasteiger partial charge in [-0.15, -0.1) is 11.3 Å². The topological polar surface area (TPSA) is 63.5 Å². The molecule has 1 N–H and O–H groups in total. The fourth-order valence-corrected chi connectivity index (χ4v) is 5.44. The van der Waals surface area contributed by atoms with Crippen LogP contribution in [0.4, 0.5) is 5.69 Å². The molecule has 3 aromatic rings. The summed E-state index contributed by atoms with van der Waals surface area (Å²) in [4.78, 5) is 32.4. The predicted molar refractivity (Wildman–Crippen MR) is 127 cm³/mol. The second kappa shape index (κ2) is 7.59. The molecule has 1 aliphatic rings. The zero-order valence-electron chi connectivity index (χ0n) is 19.2. The van der Waals surface area contributed by atoms with Crippen LogP contribution < -0.4 is 10.9 Å². The summed E-state index contributed by atoms with van der Waals surface area (Å²) < 4.78 is 1.71. The maximum Gasteiger partial charge on any atom is 0.282 e. The third kappa shape index (κ3) is 4.18. The standard InChI is InChI=1S/C25H31N3O2S/c1-24(2,3)16-9-7-15(8-10-16)21(29)27-18-14-26-23-28(22(18)30)19-12-11-17(25(4,5)6)13-20(19)31-23/h7-10,14,17H,11-13H2,1-6H3,(H,27,29). The smallest absolute Gasteiger partial charge is 0.282 e. The molecule has 1 amide bonds. The van der Waals surface area contributed by atoms with E-state index in [9.17, 15) is 9.59 Å². The van der Waals surface area contributed by atoms with E-state index in [2.05, 4.69) is 51.8 Å². The number of nitrogens with zero attached hydrogens (tertiary/aromatic N) is 2. The molecule has 0 fully saturated rings. The minimum Gasteiger partial charge on any atom is -0.316 e. The second-order valence-electron chi connectivity index (χ2n) is 10.7. The third-order valence-electron chi connectivity index (χ3n) is 6.38. The molecule has 2 aromatic heterocycles. The van der Waals surface area contributed by atoms with Crippen LogP contribution >= 0.6 is 11.3 Å². The number of hydrogen-bond donors (Lipinski definition) is 1. The van der Waals surface area contributed by atoms with Gasteiger partial charge in [0.2, 0.25) is 0 Å². The lowest BCUT2D eigenvalue weighted by molar-refractivity contribution is 0.102. The van der Waals surface area contributed by atoms with Crippen molar-refractivity contribution in [3.05, 3.63) is 62.5 Å². The average Bonchev–Trinajstić information content (AvgIpc) is 3.07. The largest absolute Gasteiger partial charge is 0.316 e. The number of nitrogens with one attached hydrogen (secondary N) is 1.